The number of methoxy groups -OCH3 is 1. The Balaban J connectivity index is 1.66. The van der Waals surface area contributed by atoms with Gasteiger partial charge in [0.2, 0.25) is 10.0 Å². The number of ether oxygens (including phenoxy) is 2. The van der Waals surface area contributed by atoms with Crippen molar-refractivity contribution >= 4 is 33.2 Å². The molecule has 2 aromatic rings. The van der Waals surface area contributed by atoms with E-state index < -0.39 is 10.0 Å². The summed E-state index contributed by atoms with van der Waals surface area (Å²) in [6.45, 7) is 0.925. The van der Waals surface area contributed by atoms with Crippen LogP contribution in [0.4, 0.5) is 0 Å². The van der Waals surface area contributed by atoms with Crippen LogP contribution >= 0.6 is 23.2 Å². The fourth-order valence-corrected chi connectivity index (χ4v) is 5.02. The van der Waals surface area contributed by atoms with Gasteiger partial charge in [-0.05, 0) is 47.9 Å². The van der Waals surface area contributed by atoms with Crippen LogP contribution < -0.4 is 4.74 Å². The van der Waals surface area contributed by atoms with E-state index in [-0.39, 0.29) is 18.4 Å². The molecule has 1 heterocycles. The zero-order valence-corrected chi connectivity index (χ0v) is 17.2. The van der Waals surface area contributed by atoms with Gasteiger partial charge in [0.15, 0.2) is 0 Å². The summed E-state index contributed by atoms with van der Waals surface area (Å²) in [6.07, 6.45) is 0.0582. The van der Waals surface area contributed by atoms with Crippen molar-refractivity contribution in [1.82, 2.24) is 4.31 Å². The third kappa shape index (κ3) is 5.36. The molecule has 0 bridgehead atoms. The van der Waals surface area contributed by atoms with E-state index in [0.717, 1.165) is 16.9 Å². The smallest absolute Gasteiger partial charge is 0.214 e. The van der Waals surface area contributed by atoms with E-state index in [1.165, 1.54) is 4.31 Å². The van der Waals surface area contributed by atoms with Crippen LogP contribution in [0.3, 0.4) is 0 Å². The Bertz CT molecular complexity index is 867. The topological polar surface area (TPSA) is 55.8 Å². The fraction of sp³-hybridized carbons (Fsp3) is 0.368. The van der Waals surface area contributed by atoms with Crippen LogP contribution in [0.1, 0.15) is 17.2 Å². The molecular weight excluding hydrogens is 409 g/mol. The van der Waals surface area contributed by atoms with Crippen molar-refractivity contribution in [3.05, 3.63) is 63.6 Å². The van der Waals surface area contributed by atoms with Crippen LogP contribution in [-0.4, -0.2) is 45.3 Å². The second kappa shape index (κ2) is 8.80. The lowest BCUT2D eigenvalue weighted by atomic mass is 10.1. The highest BCUT2D eigenvalue weighted by atomic mass is 35.5. The summed E-state index contributed by atoms with van der Waals surface area (Å²) in [5, 5.41) is 1.00. The summed E-state index contributed by atoms with van der Waals surface area (Å²) >= 11 is 12.1. The predicted octanol–water partition coefficient (Wildman–Crippen LogP) is 3.95. The van der Waals surface area contributed by atoms with Crippen molar-refractivity contribution in [2.45, 2.75) is 12.5 Å². The molecule has 1 saturated heterocycles. The van der Waals surface area contributed by atoms with Gasteiger partial charge >= 0.3 is 0 Å². The third-order valence-corrected chi connectivity index (χ3v) is 6.76. The van der Waals surface area contributed by atoms with Crippen molar-refractivity contribution in [2.24, 2.45) is 0 Å². The SMILES string of the molecule is COc1ccc(CCS(=O)(=O)N2CCOC(c3cc(Cl)cc(Cl)c3)C2)cc1. The second-order valence-corrected chi connectivity index (χ2v) is 9.30. The minimum absolute atomic E-state index is 0.0440. The van der Waals surface area contributed by atoms with Crippen LogP contribution in [-0.2, 0) is 21.2 Å². The minimum Gasteiger partial charge on any atom is -0.497 e. The molecule has 0 amide bonds. The molecule has 0 aromatic heterocycles. The van der Waals surface area contributed by atoms with Crippen molar-refractivity contribution in [2.75, 3.05) is 32.6 Å². The number of halogens is 2. The van der Waals surface area contributed by atoms with Gasteiger partial charge in [0.05, 0.1) is 25.6 Å². The van der Waals surface area contributed by atoms with Gasteiger partial charge in [0.1, 0.15) is 5.75 Å². The van der Waals surface area contributed by atoms with Gasteiger partial charge in [-0.1, -0.05) is 35.3 Å². The summed E-state index contributed by atoms with van der Waals surface area (Å²) in [6, 6.07) is 12.6. The van der Waals surface area contributed by atoms with Gasteiger partial charge < -0.3 is 9.47 Å². The number of hydrogen-bond donors (Lipinski definition) is 0. The summed E-state index contributed by atoms with van der Waals surface area (Å²) in [5.74, 6) is 0.792. The number of hydrogen-bond acceptors (Lipinski definition) is 4. The standard InChI is InChI=1S/C19H21Cl2NO4S/c1-25-18-4-2-14(3-5-18)6-9-27(23,24)22-7-8-26-19(13-22)15-10-16(20)12-17(21)11-15/h2-5,10-12,19H,6-9,13H2,1H3. The molecule has 0 saturated carbocycles. The Kier molecular flexibility index (Phi) is 6.65. The van der Waals surface area contributed by atoms with Gasteiger partial charge in [-0.25, -0.2) is 8.42 Å². The number of nitrogens with zero attached hydrogens (tertiary/aromatic N) is 1. The average molecular weight is 430 g/mol. The van der Waals surface area contributed by atoms with Crippen LogP contribution in [0.2, 0.25) is 10.0 Å². The Morgan fingerprint density at radius 1 is 1.15 bits per heavy atom. The highest BCUT2D eigenvalue weighted by Gasteiger charge is 2.30. The fourth-order valence-electron chi connectivity index (χ4n) is 3.01. The zero-order chi connectivity index (χ0) is 19.4. The molecule has 1 aliphatic rings. The Labute approximate surface area is 169 Å². The zero-order valence-electron chi connectivity index (χ0n) is 14.9. The van der Waals surface area contributed by atoms with Crippen LogP contribution in [0.5, 0.6) is 5.75 Å². The van der Waals surface area contributed by atoms with Crippen molar-refractivity contribution in [3.8, 4) is 5.75 Å². The van der Waals surface area contributed by atoms with E-state index in [9.17, 15) is 8.42 Å². The molecular formula is C19H21Cl2NO4S. The highest BCUT2D eigenvalue weighted by molar-refractivity contribution is 7.89. The summed E-state index contributed by atoms with van der Waals surface area (Å²) in [4.78, 5) is 0. The summed E-state index contributed by atoms with van der Waals surface area (Å²) < 4.78 is 37.9. The average Bonchev–Trinajstić information content (AvgIpc) is 2.66. The second-order valence-electron chi connectivity index (χ2n) is 6.33. The van der Waals surface area contributed by atoms with Gasteiger partial charge in [-0.15, -0.1) is 0 Å². The lowest BCUT2D eigenvalue weighted by Crippen LogP contribution is -2.43. The normalized spacial score (nSPS) is 18.4. The van der Waals surface area contributed by atoms with Crippen LogP contribution in [0, 0.1) is 0 Å². The molecule has 146 valence electrons. The van der Waals surface area contributed by atoms with Crippen molar-refractivity contribution in [1.29, 1.82) is 0 Å². The quantitative estimate of drug-likeness (QED) is 0.697. The first-order chi connectivity index (χ1) is 12.9. The number of benzene rings is 2. The maximum Gasteiger partial charge on any atom is 0.214 e. The number of morpholine rings is 1. The summed E-state index contributed by atoms with van der Waals surface area (Å²) in [7, 11) is -1.80. The lowest BCUT2D eigenvalue weighted by molar-refractivity contribution is -0.00252. The molecule has 0 N–H and O–H groups in total. The van der Waals surface area contributed by atoms with Crippen molar-refractivity contribution < 1.29 is 17.9 Å². The Hall–Kier alpha value is -1.31. The first-order valence-electron chi connectivity index (χ1n) is 8.56. The summed E-state index contributed by atoms with van der Waals surface area (Å²) in [5.41, 5.74) is 1.73. The molecule has 1 atom stereocenters. The van der Waals surface area contributed by atoms with Gasteiger partial charge in [0.25, 0.3) is 0 Å². The molecule has 1 fully saturated rings. The molecule has 3 rings (SSSR count). The van der Waals surface area contributed by atoms with E-state index in [1.54, 1.807) is 25.3 Å². The van der Waals surface area contributed by atoms with Crippen LogP contribution in [0.15, 0.2) is 42.5 Å². The van der Waals surface area contributed by atoms with E-state index in [4.69, 9.17) is 32.7 Å². The highest BCUT2D eigenvalue weighted by Crippen LogP contribution is 2.29. The molecule has 0 radical (unpaired) electrons. The molecule has 1 unspecified atom stereocenters. The predicted molar refractivity (Wildman–Crippen MR) is 107 cm³/mol. The minimum atomic E-state index is -3.40. The largest absolute Gasteiger partial charge is 0.497 e. The number of aryl methyl sites for hydroxylation is 1. The molecule has 27 heavy (non-hydrogen) atoms. The maximum absolute atomic E-state index is 12.8. The Morgan fingerprint density at radius 3 is 2.44 bits per heavy atom. The molecule has 1 aliphatic heterocycles. The van der Waals surface area contributed by atoms with Crippen molar-refractivity contribution in [3.63, 3.8) is 0 Å². The molecule has 2 aromatic carbocycles. The van der Waals surface area contributed by atoms with Crippen LogP contribution in [0.25, 0.3) is 0 Å². The lowest BCUT2D eigenvalue weighted by Gasteiger charge is -2.32. The third-order valence-electron chi connectivity index (χ3n) is 4.49. The number of rotatable bonds is 6. The Morgan fingerprint density at radius 2 is 1.81 bits per heavy atom. The van der Waals surface area contributed by atoms with Gasteiger partial charge in [-0.2, -0.15) is 4.31 Å². The molecule has 0 spiro atoms. The first-order valence-corrected chi connectivity index (χ1v) is 10.9. The first kappa shape index (κ1) is 20.4. The number of sulfonamides is 1. The monoisotopic (exact) mass is 429 g/mol. The molecule has 8 heteroatoms. The molecule has 5 nitrogen and oxygen atoms in total. The molecule has 0 aliphatic carbocycles. The van der Waals surface area contributed by atoms with E-state index in [1.807, 2.05) is 24.3 Å². The van der Waals surface area contributed by atoms with E-state index >= 15 is 0 Å². The van der Waals surface area contributed by atoms with E-state index in [2.05, 4.69) is 0 Å². The van der Waals surface area contributed by atoms with Gasteiger partial charge in [-0.3, -0.25) is 0 Å². The maximum atomic E-state index is 12.8. The van der Waals surface area contributed by atoms with E-state index in [0.29, 0.717) is 29.6 Å². The van der Waals surface area contributed by atoms with Gasteiger partial charge in [0, 0.05) is 23.1 Å².